The van der Waals surface area contributed by atoms with Crippen molar-refractivity contribution in [2.24, 2.45) is 5.92 Å². The monoisotopic (exact) mass is 220 g/mol. The zero-order valence-electron chi connectivity index (χ0n) is 7.98. The summed E-state index contributed by atoms with van der Waals surface area (Å²) < 4.78 is 1.61. The minimum Gasteiger partial charge on any atom is -0.274 e. The molecule has 3 rings (SSSR count). The van der Waals surface area contributed by atoms with Crippen molar-refractivity contribution in [1.29, 1.82) is 0 Å². The first-order valence-electron chi connectivity index (χ1n) is 4.93. The maximum atomic E-state index is 11.9. The van der Waals surface area contributed by atoms with E-state index in [1.165, 1.54) is 0 Å². The van der Waals surface area contributed by atoms with Gasteiger partial charge in [0.2, 0.25) is 5.91 Å². The summed E-state index contributed by atoms with van der Waals surface area (Å²) in [5, 5.41) is 1.48. The van der Waals surface area contributed by atoms with Gasteiger partial charge >= 0.3 is 0 Å². The normalized spacial score (nSPS) is 15.8. The van der Waals surface area contributed by atoms with E-state index in [9.17, 15) is 4.79 Å². The van der Waals surface area contributed by atoms with Crippen LogP contribution in [-0.4, -0.2) is 15.5 Å². The molecule has 0 atom stereocenters. The first-order valence-corrected chi connectivity index (χ1v) is 5.31. The zero-order chi connectivity index (χ0) is 10.4. The molecule has 0 N–H and O–H groups in total. The molecule has 0 aromatic carbocycles. The van der Waals surface area contributed by atoms with Crippen molar-refractivity contribution >= 4 is 28.5 Å². The van der Waals surface area contributed by atoms with Crippen LogP contribution in [0.15, 0.2) is 24.5 Å². The van der Waals surface area contributed by atoms with Crippen LogP contribution in [0.5, 0.6) is 0 Å². The molecule has 0 saturated heterocycles. The van der Waals surface area contributed by atoms with Gasteiger partial charge in [-0.3, -0.25) is 9.36 Å². The van der Waals surface area contributed by atoms with Gasteiger partial charge < -0.3 is 0 Å². The van der Waals surface area contributed by atoms with Gasteiger partial charge in [-0.2, -0.15) is 0 Å². The Morgan fingerprint density at radius 3 is 3.00 bits per heavy atom. The Kier molecular flexibility index (Phi) is 1.83. The van der Waals surface area contributed by atoms with Gasteiger partial charge in [0.15, 0.2) is 0 Å². The second kappa shape index (κ2) is 3.07. The molecule has 1 fully saturated rings. The van der Waals surface area contributed by atoms with E-state index in [-0.39, 0.29) is 11.8 Å². The van der Waals surface area contributed by atoms with Crippen molar-refractivity contribution in [3.05, 3.63) is 29.5 Å². The van der Waals surface area contributed by atoms with E-state index in [0.29, 0.717) is 10.7 Å². The van der Waals surface area contributed by atoms with Crippen LogP contribution in [0.3, 0.4) is 0 Å². The Morgan fingerprint density at radius 2 is 2.27 bits per heavy atom. The summed E-state index contributed by atoms with van der Waals surface area (Å²) in [5.41, 5.74) is 0.666. The van der Waals surface area contributed by atoms with Crippen molar-refractivity contribution < 1.29 is 4.79 Å². The lowest BCUT2D eigenvalue weighted by atomic mass is 10.3. The molecule has 2 heterocycles. The average Bonchev–Trinajstić information content (AvgIpc) is 2.98. The molecule has 0 radical (unpaired) electrons. The Balaban J connectivity index is 2.19. The van der Waals surface area contributed by atoms with Gasteiger partial charge in [-0.15, -0.1) is 0 Å². The zero-order valence-corrected chi connectivity index (χ0v) is 8.74. The second-order valence-electron chi connectivity index (χ2n) is 3.83. The number of carbonyl (C=O) groups excluding carboxylic acids is 1. The van der Waals surface area contributed by atoms with E-state index in [1.807, 2.05) is 6.07 Å². The van der Waals surface area contributed by atoms with E-state index in [0.717, 1.165) is 18.2 Å². The van der Waals surface area contributed by atoms with Crippen LogP contribution in [0.1, 0.15) is 17.6 Å². The SMILES string of the molecule is O=C(C1CC1)n1ccc2c(Cl)ccnc21. The molecule has 0 unspecified atom stereocenters. The molecule has 0 spiro atoms. The Hall–Kier alpha value is -1.35. The summed E-state index contributed by atoms with van der Waals surface area (Å²) in [7, 11) is 0. The molecule has 0 bridgehead atoms. The van der Waals surface area contributed by atoms with Crippen molar-refractivity contribution in [3.8, 4) is 0 Å². The number of halogens is 1. The molecule has 3 nitrogen and oxygen atoms in total. The fourth-order valence-electron chi connectivity index (χ4n) is 1.71. The third-order valence-corrected chi connectivity index (χ3v) is 3.03. The Bertz CT molecular complexity index is 543. The number of hydrogen-bond acceptors (Lipinski definition) is 2. The van der Waals surface area contributed by atoms with E-state index in [2.05, 4.69) is 4.98 Å². The van der Waals surface area contributed by atoms with Crippen LogP contribution in [-0.2, 0) is 0 Å². The molecule has 0 amide bonds. The molecule has 1 aliphatic carbocycles. The van der Waals surface area contributed by atoms with Crippen LogP contribution in [0.25, 0.3) is 11.0 Å². The third kappa shape index (κ3) is 1.35. The average molecular weight is 221 g/mol. The number of hydrogen-bond donors (Lipinski definition) is 0. The first-order chi connectivity index (χ1) is 7.27. The molecule has 1 saturated carbocycles. The standard InChI is InChI=1S/C11H9ClN2O/c12-9-3-5-13-10-8(9)4-6-14(10)11(15)7-1-2-7/h3-7H,1-2H2. The summed E-state index contributed by atoms with van der Waals surface area (Å²) in [6.45, 7) is 0. The maximum absolute atomic E-state index is 11.9. The van der Waals surface area contributed by atoms with Gasteiger partial charge in [0, 0.05) is 23.7 Å². The number of fused-ring (bicyclic) bond motifs is 1. The minimum atomic E-state index is 0.139. The number of aromatic nitrogens is 2. The number of rotatable bonds is 1. The maximum Gasteiger partial charge on any atom is 0.235 e. The predicted molar refractivity (Wildman–Crippen MR) is 58.1 cm³/mol. The highest BCUT2D eigenvalue weighted by Crippen LogP contribution is 2.32. The highest BCUT2D eigenvalue weighted by Gasteiger charge is 2.31. The van der Waals surface area contributed by atoms with Gasteiger partial charge in [-0.25, -0.2) is 4.98 Å². The van der Waals surface area contributed by atoms with E-state index in [4.69, 9.17) is 11.6 Å². The summed E-state index contributed by atoms with van der Waals surface area (Å²) >= 11 is 6.01. The Morgan fingerprint density at radius 1 is 1.47 bits per heavy atom. The molecule has 15 heavy (non-hydrogen) atoms. The molecule has 0 aliphatic heterocycles. The van der Waals surface area contributed by atoms with Crippen LogP contribution < -0.4 is 0 Å². The molecule has 76 valence electrons. The number of carbonyl (C=O) groups is 1. The Labute approximate surface area is 91.7 Å². The van der Waals surface area contributed by atoms with Gasteiger partial charge in [-0.05, 0) is 25.0 Å². The topological polar surface area (TPSA) is 34.9 Å². The van der Waals surface area contributed by atoms with E-state index >= 15 is 0 Å². The van der Waals surface area contributed by atoms with Crippen molar-refractivity contribution in [2.45, 2.75) is 12.8 Å². The van der Waals surface area contributed by atoms with Gasteiger partial charge in [0.25, 0.3) is 0 Å². The molecular formula is C11H9ClN2O. The lowest BCUT2D eigenvalue weighted by Gasteiger charge is -2.01. The molecule has 1 aliphatic rings. The molecule has 2 aromatic heterocycles. The first kappa shape index (κ1) is 8.92. The van der Waals surface area contributed by atoms with Gasteiger partial charge in [0.1, 0.15) is 5.65 Å². The smallest absolute Gasteiger partial charge is 0.235 e. The molecule has 4 heteroatoms. The van der Waals surface area contributed by atoms with Crippen LogP contribution in [0, 0.1) is 5.92 Å². The van der Waals surface area contributed by atoms with Crippen LogP contribution in [0.4, 0.5) is 0 Å². The lowest BCUT2D eigenvalue weighted by molar-refractivity contribution is 0.0891. The van der Waals surface area contributed by atoms with Crippen molar-refractivity contribution in [1.82, 2.24) is 9.55 Å². The predicted octanol–water partition coefficient (Wildman–Crippen LogP) is 2.74. The largest absolute Gasteiger partial charge is 0.274 e. The highest BCUT2D eigenvalue weighted by atomic mass is 35.5. The van der Waals surface area contributed by atoms with Crippen LogP contribution >= 0.6 is 11.6 Å². The lowest BCUT2D eigenvalue weighted by Crippen LogP contribution is -2.11. The third-order valence-electron chi connectivity index (χ3n) is 2.70. The van der Waals surface area contributed by atoms with E-state index < -0.39 is 0 Å². The highest BCUT2D eigenvalue weighted by molar-refractivity contribution is 6.35. The quantitative estimate of drug-likeness (QED) is 0.741. The molecular weight excluding hydrogens is 212 g/mol. The van der Waals surface area contributed by atoms with Gasteiger partial charge in [-0.1, -0.05) is 11.6 Å². The minimum absolute atomic E-state index is 0.139. The summed E-state index contributed by atoms with van der Waals surface area (Å²) in [6, 6.07) is 3.57. The summed E-state index contributed by atoms with van der Waals surface area (Å²) in [4.78, 5) is 16.1. The summed E-state index contributed by atoms with van der Waals surface area (Å²) in [6.07, 6.45) is 5.38. The number of nitrogens with zero attached hydrogens (tertiary/aromatic N) is 2. The van der Waals surface area contributed by atoms with Crippen molar-refractivity contribution in [2.75, 3.05) is 0 Å². The fourth-order valence-corrected chi connectivity index (χ4v) is 1.91. The van der Waals surface area contributed by atoms with Gasteiger partial charge in [0.05, 0.1) is 5.02 Å². The second-order valence-corrected chi connectivity index (χ2v) is 4.24. The fraction of sp³-hybridized carbons (Fsp3) is 0.273. The number of pyridine rings is 1. The van der Waals surface area contributed by atoms with E-state index in [1.54, 1.807) is 23.0 Å². The summed E-state index contributed by atoms with van der Waals surface area (Å²) in [5.74, 6) is 0.334. The van der Waals surface area contributed by atoms with Crippen LogP contribution in [0.2, 0.25) is 5.02 Å². The molecule has 2 aromatic rings. The van der Waals surface area contributed by atoms with Crippen molar-refractivity contribution in [3.63, 3.8) is 0 Å².